The normalized spacial score (nSPS) is 18.1. The second-order valence-electron chi connectivity index (χ2n) is 7.34. The molecule has 0 aromatic heterocycles. The van der Waals surface area contributed by atoms with Crippen molar-refractivity contribution < 1.29 is 24.0 Å². The van der Waals surface area contributed by atoms with Crippen molar-refractivity contribution >= 4 is 30.0 Å². The Bertz CT molecular complexity index is 1070. The average molecular weight is 420 g/mol. The van der Waals surface area contributed by atoms with Crippen molar-refractivity contribution in [2.75, 3.05) is 0 Å². The van der Waals surface area contributed by atoms with Crippen molar-refractivity contribution in [2.24, 2.45) is 0 Å². The molecular weight excluding hydrogens is 400 g/mol. The van der Waals surface area contributed by atoms with Gasteiger partial charge in [0, 0.05) is 13.0 Å². The Morgan fingerprint density at radius 3 is 2.52 bits per heavy atom. The summed E-state index contributed by atoms with van der Waals surface area (Å²) in [5.74, 6) is -2.26. The summed E-state index contributed by atoms with van der Waals surface area (Å²) in [6.07, 6.45) is 0.755. The highest BCUT2D eigenvalue weighted by molar-refractivity contribution is 6.24. The van der Waals surface area contributed by atoms with Crippen molar-refractivity contribution in [3.05, 3.63) is 70.8 Å². The van der Waals surface area contributed by atoms with Gasteiger partial charge in [-0.05, 0) is 23.6 Å². The lowest BCUT2D eigenvalue weighted by Gasteiger charge is -2.28. The third-order valence-electron chi connectivity index (χ3n) is 5.35. The first-order valence-corrected chi connectivity index (χ1v) is 9.82. The number of benzene rings is 2. The van der Waals surface area contributed by atoms with E-state index in [4.69, 9.17) is 0 Å². The zero-order chi connectivity index (χ0) is 22.0. The van der Waals surface area contributed by atoms with E-state index in [1.807, 2.05) is 30.3 Å². The number of carbonyl (C=O) groups excluding carboxylic acids is 5. The summed E-state index contributed by atoms with van der Waals surface area (Å²) in [7, 11) is 0. The van der Waals surface area contributed by atoms with E-state index in [0.29, 0.717) is 18.5 Å². The van der Waals surface area contributed by atoms with Crippen LogP contribution in [0.2, 0.25) is 0 Å². The SMILES string of the molecule is O=CN(Cc1cccc2c1C(=O)N(C1CCC(=O)NC1=O)C2=O)NCc1ccccc1. The van der Waals surface area contributed by atoms with E-state index in [9.17, 15) is 24.0 Å². The standard InChI is InChI=1S/C22H20N4O5/c27-13-25(23-11-14-5-2-1-3-6-14)12-15-7-4-8-16-19(15)22(31)26(21(16)30)17-9-10-18(28)24-20(17)29/h1-8,13,17,23H,9-12H2,(H,24,28,29). The second kappa shape index (κ2) is 8.49. The first-order chi connectivity index (χ1) is 15.0. The van der Waals surface area contributed by atoms with Crippen LogP contribution in [-0.2, 0) is 27.5 Å². The Labute approximate surface area is 178 Å². The van der Waals surface area contributed by atoms with Gasteiger partial charge in [-0.2, -0.15) is 0 Å². The molecule has 1 unspecified atom stereocenters. The quantitative estimate of drug-likeness (QED) is 0.388. The summed E-state index contributed by atoms with van der Waals surface area (Å²) in [5.41, 5.74) is 4.80. The fraction of sp³-hybridized carbons (Fsp3) is 0.227. The van der Waals surface area contributed by atoms with Crippen molar-refractivity contribution in [1.82, 2.24) is 20.7 Å². The molecule has 2 aromatic rings. The molecular formula is C22H20N4O5. The molecule has 2 N–H and O–H groups in total. The maximum absolute atomic E-state index is 13.1. The van der Waals surface area contributed by atoms with Gasteiger partial charge in [-0.3, -0.25) is 39.2 Å². The highest BCUT2D eigenvalue weighted by Gasteiger charge is 2.45. The lowest BCUT2D eigenvalue weighted by atomic mass is 10.0. The molecule has 0 aliphatic carbocycles. The van der Waals surface area contributed by atoms with Gasteiger partial charge in [0.2, 0.25) is 18.2 Å². The molecule has 4 rings (SSSR count). The minimum Gasteiger partial charge on any atom is -0.295 e. The maximum Gasteiger partial charge on any atom is 0.262 e. The van der Waals surface area contributed by atoms with E-state index in [1.54, 1.807) is 12.1 Å². The Morgan fingerprint density at radius 1 is 1.03 bits per heavy atom. The minimum atomic E-state index is -1.03. The molecule has 158 valence electrons. The molecule has 2 aliphatic rings. The molecule has 1 saturated heterocycles. The van der Waals surface area contributed by atoms with E-state index >= 15 is 0 Å². The fourth-order valence-electron chi connectivity index (χ4n) is 3.82. The molecule has 0 bridgehead atoms. The summed E-state index contributed by atoms with van der Waals surface area (Å²) in [6, 6.07) is 13.3. The highest BCUT2D eigenvalue weighted by Crippen LogP contribution is 2.30. The number of hydrogen-bond donors (Lipinski definition) is 2. The lowest BCUT2D eigenvalue weighted by Crippen LogP contribution is -2.54. The predicted molar refractivity (Wildman–Crippen MR) is 108 cm³/mol. The minimum absolute atomic E-state index is 0.0546. The van der Waals surface area contributed by atoms with Crippen molar-refractivity contribution in [2.45, 2.75) is 32.0 Å². The smallest absolute Gasteiger partial charge is 0.262 e. The van der Waals surface area contributed by atoms with Gasteiger partial charge < -0.3 is 0 Å². The van der Waals surface area contributed by atoms with E-state index in [-0.39, 0.29) is 30.5 Å². The molecule has 1 atom stereocenters. The monoisotopic (exact) mass is 420 g/mol. The van der Waals surface area contributed by atoms with Gasteiger partial charge >= 0.3 is 0 Å². The highest BCUT2D eigenvalue weighted by atomic mass is 16.2. The number of imide groups is 2. The van der Waals surface area contributed by atoms with Crippen LogP contribution in [0.15, 0.2) is 48.5 Å². The topological polar surface area (TPSA) is 116 Å². The fourth-order valence-corrected chi connectivity index (χ4v) is 3.82. The number of piperidine rings is 1. The number of hydrazine groups is 1. The molecule has 1 fully saturated rings. The molecule has 0 spiro atoms. The van der Waals surface area contributed by atoms with Gasteiger partial charge in [-0.25, -0.2) is 5.43 Å². The number of nitrogens with zero attached hydrogens (tertiary/aromatic N) is 2. The van der Waals surface area contributed by atoms with Crippen LogP contribution >= 0.6 is 0 Å². The van der Waals surface area contributed by atoms with Gasteiger partial charge in [-0.15, -0.1) is 0 Å². The Kier molecular flexibility index (Phi) is 5.59. The molecule has 2 aromatic carbocycles. The van der Waals surface area contributed by atoms with Crippen LogP contribution in [0, 0.1) is 0 Å². The van der Waals surface area contributed by atoms with E-state index in [1.165, 1.54) is 11.1 Å². The number of fused-ring (bicyclic) bond motifs is 1. The van der Waals surface area contributed by atoms with Gasteiger partial charge in [0.1, 0.15) is 6.04 Å². The van der Waals surface area contributed by atoms with E-state index in [2.05, 4.69) is 10.7 Å². The number of hydrogen-bond acceptors (Lipinski definition) is 6. The average Bonchev–Trinajstić information content (AvgIpc) is 3.03. The molecule has 5 amide bonds. The van der Waals surface area contributed by atoms with Crippen LogP contribution in [0.4, 0.5) is 0 Å². The van der Waals surface area contributed by atoms with E-state index < -0.39 is 29.7 Å². The van der Waals surface area contributed by atoms with Gasteiger partial charge in [-0.1, -0.05) is 42.5 Å². The Balaban J connectivity index is 1.54. The molecule has 9 heteroatoms. The second-order valence-corrected chi connectivity index (χ2v) is 7.34. The van der Waals surface area contributed by atoms with E-state index in [0.717, 1.165) is 10.5 Å². The molecule has 9 nitrogen and oxygen atoms in total. The number of rotatable bonds is 7. The Morgan fingerprint density at radius 2 is 1.81 bits per heavy atom. The van der Waals surface area contributed by atoms with Gasteiger partial charge in [0.25, 0.3) is 11.8 Å². The van der Waals surface area contributed by atoms with Crippen molar-refractivity contribution in [3.63, 3.8) is 0 Å². The van der Waals surface area contributed by atoms with Crippen LogP contribution in [0.5, 0.6) is 0 Å². The van der Waals surface area contributed by atoms with Gasteiger partial charge in [0.05, 0.1) is 17.7 Å². The number of nitrogens with one attached hydrogen (secondary N) is 2. The third kappa shape index (κ3) is 3.95. The summed E-state index contributed by atoms with van der Waals surface area (Å²) < 4.78 is 0. The molecule has 2 heterocycles. The van der Waals surface area contributed by atoms with Gasteiger partial charge in [0.15, 0.2) is 0 Å². The summed E-state index contributed by atoms with van der Waals surface area (Å²) in [5, 5.41) is 3.47. The molecule has 2 aliphatic heterocycles. The molecule has 0 radical (unpaired) electrons. The van der Waals surface area contributed by atoms with Crippen LogP contribution < -0.4 is 10.7 Å². The lowest BCUT2D eigenvalue weighted by molar-refractivity contribution is -0.136. The first kappa shape index (κ1) is 20.4. The maximum atomic E-state index is 13.1. The van der Waals surface area contributed by atoms with Crippen LogP contribution in [-0.4, -0.2) is 46.0 Å². The van der Waals surface area contributed by atoms with Crippen LogP contribution in [0.25, 0.3) is 0 Å². The largest absolute Gasteiger partial charge is 0.295 e. The third-order valence-corrected chi connectivity index (χ3v) is 5.35. The van der Waals surface area contributed by atoms with Crippen molar-refractivity contribution in [1.29, 1.82) is 0 Å². The Hall–Kier alpha value is -3.85. The van der Waals surface area contributed by atoms with Crippen LogP contribution in [0.3, 0.4) is 0 Å². The van der Waals surface area contributed by atoms with Crippen molar-refractivity contribution in [3.8, 4) is 0 Å². The van der Waals surface area contributed by atoms with Crippen LogP contribution in [0.1, 0.15) is 44.7 Å². The first-order valence-electron chi connectivity index (χ1n) is 9.82. The summed E-state index contributed by atoms with van der Waals surface area (Å²) >= 11 is 0. The zero-order valence-corrected chi connectivity index (χ0v) is 16.5. The number of carbonyl (C=O) groups is 5. The summed E-state index contributed by atoms with van der Waals surface area (Å²) in [4.78, 5) is 62.1. The molecule has 31 heavy (non-hydrogen) atoms. The summed E-state index contributed by atoms with van der Waals surface area (Å²) in [6.45, 7) is 0.464. The zero-order valence-electron chi connectivity index (χ0n) is 16.5. The number of amides is 5. The molecule has 0 saturated carbocycles. The predicted octanol–water partition coefficient (Wildman–Crippen LogP) is 0.751.